The summed E-state index contributed by atoms with van der Waals surface area (Å²) in [6.45, 7) is 0. The Morgan fingerprint density at radius 3 is 2.44 bits per heavy atom. The van der Waals surface area contributed by atoms with Gasteiger partial charge in [0, 0.05) is 39.0 Å². The monoisotopic (exact) mass is 344 g/mol. The van der Waals surface area contributed by atoms with Gasteiger partial charge in [-0.15, -0.1) is 0 Å². The van der Waals surface area contributed by atoms with Crippen molar-refractivity contribution in [1.82, 2.24) is 9.78 Å². The molecule has 2 N–H and O–H groups in total. The lowest BCUT2D eigenvalue weighted by atomic mass is 9.45. The van der Waals surface area contributed by atoms with Gasteiger partial charge < -0.3 is 10.6 Å². The molecule has 0 radical (unpaired) electrons. The molecule has 4 fully saturated rings. The molecule has 4 saturated carbocycles. The highest BCUT2D eigenvalue weighted by Crippen LogP contribution is 2.62. The molecular weight excluding hydrogens is 316 g/mol. The van der Waals surface area contributed by atoms with Crippen LogP contribution in [-0.2, 0) is 11.8 Å². The van der Waals surface area contributed by atoms with Gasteiger partial charge in [-0.1, -0.05) is 0 Å². The van der Waals surface area contributed by atoms with Crippen LogP contribution in [0.25, 0.3) is 0 Å². The summed E-state index contributed by atoms with van der Waals surface area (Å²) in [6.07, 6.45) is 5.63. The molecule has 1 amide bonds. The minimum absolute atomic E-state index is 0.114. The highest BCUT2D eigenvalue weighted by molar-refractivity contribution is 5.95. The smallest absolute Gasteiger partial charge is 0.223 e. The van der Waals surface area contributed by atoms with Crippen LogP contribution in [-0.4, -0.2) is 35.6 Å². The molecule has 0 aliphatic heterocycles. The van der Waals surface area contributed by atoms with E-state index in [9.17, 15) is 9.59 Å². The first-order chi connectivity index (χ1) is 11.8. The highest BCUT2D eigenvalue weighted by Gasteiger charge is 2.57. The number of aromatic nitrogens is 2. The molecule has 0 saturated heterocycles. The molecule has 2 unspecified atom stereocenters. The Hall–Kier alpha value is -1.85. The van der Waals surface area contributed by atoms with Crippen LogP contribution in [0.2, 0.25) is 0 Å². The molecule has 1 aromatic heterocycles. The van der Waals surface area contributed by atoms with Gasteiger partial charge >= 0.3 is 0 Å². The van der Waals surface area contributed by atoms with Gasteiger partial charge in [-0.3, -0.25) is 14.3 Å². The van der Waals surface area contributed by atoms with Crippen LogP contribution in [0.4, 0.5) is 5.82 Å². The molecule has 1 heterocycles. The van der Waals surface area contributed by atoms with Gasteiger partial charge in [-0.25, -0.2) is 0 Å². The van der Waals surface area contributed by atoms with E-state index in [2.05, 4.69) is 5.10 Å². The zero-order valence-electron chi connectivity index (χ0n) is 15.4. The van der Waals surface area contributed by atoms with E-state index in [1.54, 1.807) is 4.68 Å². The fraction of sp³-hybridized carbons (Fsp3) is 0.737. The Morgan fingerprint density at radius 2 is 1.92 bits per heavy atom. The van der Waals surface area contributed by atoms with Crippen LogP contribution < -0.4 is 10.6 Å². The van der Waals surface area contributed by atoms with Crippen molar-refractivity contribution in [2.45, 2.75) is 38.5 Å². The highest BCUT2D eigenvalue weighted by atomic mass is 16.1. The molecule has 2 atom stereocenters. The fourth-order valence-corrected chi connectivity index (χ4v) is 6.10. The van der Waals surface area contributed by atoms with Gasteiger partial charge in [0.2, 0.25) is 5.91 Å². The first kappa shape index (κ1) is 16.6. The molecule has 0 spiro atoms. The number of carbonyl (C=O) groups is 2. The predicted octanol–water partition coefficient (Wildman–Crippen LogP) is 1.99. The minimum atomic E-state index is -0.279. The van der Waals surface area contributed by atoms with Crippen molar-refractivity contribution < 1.29 is 9.59 Å². The lowest BCUT2D eigenvalue weighted by Crippen LogP contribution is -2.56. The number of rotatable bonds is 5. The van der Waals surface area contributed by atoms with Crippen LogP contribution in [0.5, 0.6) is 0 Å². The maximum absolute atomic E-state index is 12.9. The van der Waals surface area contributed by atoms with Gasteiger partial charge in [0.15, 0.2) is 5.78 Å². The third-order valence-electron chi connectivity index (χ3n) is 7.01. The van der Waals surface area contributed by atoms with Crippen LogP contribution in [0.3, 0.4) is 0 Å². The lowest BCUT2D eigenvalue weighted by Gasteiger charge is -2.58. The molecule has 136 valence electrons. The van der Waals surface area contributed by atoms with Crippen molar-refractivity contribution in [2.75, 3.05) is 19.0 Å². The third-order valence-corrected chi connectivity index (χ3v) is 7.01. The number of anilines is 1. The second-order valence-corrected chi connectivity index (χ2v) is 8.81. The van der Waals surface area contributed by atoms with E-state index in [0.29, 0.717) is 35.8 Å². The first-order valence-electron chi connectivity index (χ1n) is 9.33. The molecule has 4 bridgehead atoms. The van der Waals surface area contributed by atoms with Crippen LogP contribution in [0.15, 0.2) is 6.07 Å². The first-order valence-corrected chi connectivity index (χ1v) is 9.33. The maximum Gasteiger partial charge on any atom is 0.223 e. The van der Waals surface area contributed by atoms with E-state index < -0.39 is 0 Å². The number of ketones is 1. The summed E-state index contributed by atoms with van der Waals surface area (Å²) < 4.78 is 1.76. The van der Waals surface area contributed by atoms with Crippen molar-refractivity contribution in [1.29, 1.82) is 0 Å². The summed E-state index contributed by atoms with van der Waals surface area (Å²) >= 11 is 0. The van der Waals surface area contributed by atoms with E-state index in [0.717, 1.165) is 37.9 Å². The summed E-state index contributed by atoms with van der Waals surface area (Å²) in [6, 6.07) is 1.88. The number of primary amides is 1. The number of aryl methyl sites for hydroxylation is 1. The van der Waals surface area contributed by atoms with Crippen molar-refractivity contribution in [2.24, 2.45) is 41.9 Å². The number of nitrogens with two attached hydrogens (primary N) is 1. The van der Waals surface area contributed by atoms with Crippen molar-refractivity contribution in [3.05, 3.63) is 11.8 Å². The van der Waals surface area contributed by atoms with Gasteiger partial charge in [0.25, 0.3) is 0 Å². The van der Waals surface area contributed by atoms with Crippen LogP contribution in [0.1, 0.15) is 49.0 Å². The number of amides is 1. The fourth-order valence-electron chi connectivity index (χ4n) is 6.10. The van der Waals surface area contributed by atoms with Crippen molar-refractivity contribution >= 4 is 17.5 Å². The number of carbonyl (C=O) groups excluding carboxylic acids is 2. The quantitative estimate of drug-likeness (QED) is 0.828. The Labute approximate surface area is 148 Å². The Morgan fingerprint density at radius 1 is 1.28 bits per heavy atom. The van der Waals surface area contributed by atoms with Gasteiger partial charge in [-0.05, 0) is 55.8 Å². The standard InChI is InChI=1S/C19H28N4O2/c1-22(2)17-7-15(21-23(17)3)16(24)6-14-12-4-11-5-13(14)10-19(8-11,9-12)18(20)25/h7,11-14H,4-6,8-10H2,1-3H3,(H2,20,25). The van der Waals surface area contributed by atoms with Crippen LogP contribution in [0, 0.1) is 29.1 Å². The summed E-state index contributed by atoms with van der Waals surface area (Å²) in [5.41, 5.74) is 6.03. The van der Waals surface area contributed by atoms with Crippen molar-refractivity contribution in [3.8, 4) is 0 Å². The molecular formula is C19H28N4O2. The average molecular weight is 344 g/mol. The van der Waals surface area contributed by atoms with Crippen molar-refractivity contribution in [3.63, 3.8) is 0 Å². The molecule has 25 heavy (non-hydrogen) atoms. The Balaban J connectivity index is 1.52. The second-order valence-electron chi connectivity index (χ2n) is 8.81. The van der Waals surface area contributed by atoms with Crippen LogP contribution >= 0.6 is 0 Å². The number of hydrogen-bond acceptors (Lipinski definition) is 4. The molecule has 1 aromatic rings. The molecule has 5 rings (SSSR count). The van der Waals surface area contributed by atoms with Gasteiger partial charge in [0.05, 0.1) is 0 Å². The number of nitrogens with zero attached hydrogens (tertiary/aromatic N) is 3. The SMILES string of the molecule is CN(C)c1cc(C(=O)CC2C3CC4CC2CC(C(N)=O)(C4)C3)nn1C. The largest absolute Gasteiger partial charge is 0.369 e. The van der Waals surface area contributed by atoms with E-state index in [1.165, 1.54) is 0 Å². The summed E-state index contributed by atoms with van der Waals surface area (Å²) in [5, 5.41) is 4.41. The zero-order valence-corrected chi connectivity index (χ0v) is 15.4. The average Bonchev–Trinajstić information content (AvgIpc) is 2.92. The van der Waals surface area contributed by atoms with E-state index in [1.807, 2.05) is 32.1 Å². The molecule has 6 nitrogen and oxygen atoms in total. The van der Waals surface area contributed by atoms with E-state index in [-0.39, 0.29) is 17.1 Å². The Kier molecular flexibility index (Phi) is 3.71. The number of Topliss-reactive ketones (excluding diaryl/α,β-unsaturated/α-hetero) is 1. The summed E-state index contributed by atoms with van der Waals surface area (Å²) in [5.74, 6) is 2.92. The van der Waals surface area contributed by atoms with E-state index >= 15 is 0 Å². The minimum Gasteiger partial charge on any atom is -0.369 e. The molecule has 4 aliphatic rings. The van der Waals surface area contributed by atoms with E-state index in [4.69, 9.17) is 5.73 Å². The summed E-state index contributed by atoms with van der Waals surface area (Å²) in [7, 11) is 5.77. The summed E-state index contributed by atoms with van der Waals surface area (Å²) in [4.78, 5) is 26.9. The molecule has 4 aliphatic carbocycles. The molecule has 0 aromatic carbocycles. The van der Waals surface area contributed by atoms with Gasteiger partial charge in [-0.2, -0.15) is 5.10 Å². The lowest BCUT2D eigenvalue weighted by molar-refractivity contribution is -0.149. The predicted molar refractivity (Wildman–Crippen MR) is 95.2 cm³/mol. The van der Waals surface area contributed by atoms with Gasteiger partial charge in [0.1, 0.15) is 11.5 Å². The number of hydrogen-bond donors (Lipinski definition) is 1. The third kappa shape index (κ3) is 2.57. The second kappa shape index (κ2) is 5.58. The Bertz CT molecular complexity index is 707. The molecule has 6 heteroatoms. The maximum atomic E-state index is 12.9. The topological polar surface area (TPSA) is 81.2 Å². The normalized spacial score (nSPS) is 35.8. The zero-order chi connectivity index (χ0) is 17.9.